The molecule has 0 amide bonds. The molecule has 1 fully saturated rings. The van der Waals surface area contributed by atoms with Gasteiger partial charge in [-0.3, -0.25) is 14.6 Å². The fourth-order valence-corrected chi connectivity index (χ4v) is 3.29. The number of hydrogen-bond acceptors (Lipinski definition) is 5. The van der Waals surface area contributed by atoms with Crippen molar-refractivity contribution in [3.05, 3.63) is 18.0 Å². The number of aliphatic imine (C=N–C) groups is 1. The van der Waals surface area contributed by atoms with E-state index in [1.807, 2.05) is 17.9 Å². The molecular weight excluding hydrogens is 342 g/mol. The lowest BCUT2D eigenvalue weighted by Gasteiger charge is -2.40. The van der Waals surface area contributed by atoms with Crippen molar-refractivity contribution in [2.75, 3.05) is 60.0 Å². The van der Waals surface area contributed by atoms with Crippen LogP contribution in [0.4, 0.5) is 0 Å². The number of nitrogens with one attached hydrogen (secondary N) is 2. The zero-order valence-electron chi connectivity index (χ0n) is 17.8. The van der Waals surface area contributed by atoms with Crippen molar-refractivity contribution in [3.8, 4) is 0 Å². The number of morpholine rings is 1. The van der Waals surface area contributed by atoms with Gasteiger partial charge in [-0.25, -0.2) is 0 Å². The summed E-state index contributed by atoms with van der Waals surface area (Å²) in [5.74, 6) is 0.856. The fourth-order valence-electron chi connectivity index (χ4n) is 3.29. The predicted octanol–water partition coefficient (Wildman–Crippen LogP) is 0.689. The summed E-state index contributed by atoms with van der Waals surface area (Å²) >= 11 is 0. The SMILES string of the molecule is CCNC(=NCC(C)(C)N1CCOCC1)NCC(c1cnn(C)c1)N(C)C. The Kier molecular flexibility index (Phi) is 8.07. The zero-order chi connectivity index (χ0) is 19.9. The van der Waals surface area contributed by atoms with Crippen molar-refractivity contribution in [3.63, 3.8) is 0 Å². The Balaban J connectivity index is 1.99. The van der Waals surface area contributed by atoms with Crippen LogP contribution in [0.25, 0.3) is 0 Å². The maximum atomic E-state index is 5.48. The van der Waals surface area contributed by atoms with E-state index < -0.39 is 0 Å². The van der Waals surface area contributed by atoms with E-state index in [0.29, 0.717) is 0 Å². The monoisotopic (exact) mass is 379 g/mol. The van der Waals surface area contributed by atoms with E-state index in [9.17, 15) is 0 Å². The Bertz CT molecular complexity index is 591. The van der Waals surface area contributed by atoms with Crippen LogP contribution in [0.1, 0.15) is 32.4 Å². The number of aromatic nitrogens is 2. The van der Waals surface area contributed by atoms with Crippen LogP contribution < -0.4 is 10.6 Å². The minimum absolute atomic E-state index is 0.0103. The topological polar surface area (TPSA) is 70.0 Å². The van der Waals surface area contributed by atoms with Crippen LogP contribution in [0.2, 0.25) is 0 Å². The Hall–Kier alpha value is -1.64. The lowest BCUT2D eigenvalue weighted by molar-refractivity contribution is -0.00684. The molecule has 1 aliphatic rings. The Morgan fingerprint density at radius 1 is 1.33 bits per heavy atom. The first-order chi connectivity index (χ1) is 12.8. The summed E-state index contributed by atoms with van der Waals surface area (Å²) in [7, 11) is 6.12. The number of guanidine groups is 1. The summed E-state index contributed by atoms with van der Waals surface area (Å²) in [6.07, 6.45) is 4.00. The second-order valence-corrected chi connectivity index (χ2v) is 7.91. The van der Waals surface area contributed by atoms with E-state index in [2.05, 4.69) is 66.6 Å². The van der Waals surface area contributed by atoms with Gasteiger partial charge < -0.3 is 20.3 Å². The third-order valence-electron chi connectivity index (χ3n) is 5.03. The molecule has 8 heteroatoms. The summed E-state index contributed by atoms with van der Waals surface area (Å²) in [5, 5.41) is 11.2. The predicted molar refractivity (Wildman–Crippen MR) is 110 cm³/mol. The Morgan fingerprint density at radius 3 is 2.59 bits per heavy atom. The van der Waals surface area contributed by atoms with Crippen LogP contribution in [-0.4, -0.2) is 91.1 Å². The van der Waals surface area contributed by atoms with Gasteiger partial charge in [0.1, 0.15) is 0 Å². The van der Waals surface area contributed by atoms with Crippen LogP contribution in [0, 0.1) is 0 Å². The molecule has 154 valence electrons. The van der Waals surface area contributed by atoms with Gasteiger partial charge in [-0.05, 0) is 34.9 Å². The molecule has 8 nitrogen and oxygen atoms in total. The van der Waals surface area contributed by atoms with E-state index >= 15 is 0 Å². The number of rotatable bonds is 8. The molecule has 0 saturated carbocycles. The number of aryl methyl sites for hydroxylation is 1. The largest absolute Gasteiger partial charge is 0.379 e. The van der Waals surface area contributed by atoms with E-state index in [4.69, 9.17) is 9.73 Å². The van der Waals surface area contributed by atoms with Crippen molar-refractivity contribution >= 4 is 5.96 Å². The van der Waals surface area contributed by atoms with Crippen molar-refractivity contribution in [1.29, 1.82) is 0 Å². The first-order valence-electron chi connectivity index (χ1n) is 9.83. The van der Waals surface area contributed by atoms with Crippen molar-refractivity contribution < 1.29 is 4.74 Å². The fraction of sp³-hybridized carbons (Fsp3) is 0.789. The molecule has 1 atom stereocenters. The standard InChI is InChI=1S/C19H37N7O/c1-7-20-18(22-15-19(2,3)26-8-10-27-11-9-26)21-13-17(24(4)5)16-12-23-25(6)14-16/h12,14,17H,7-11,13,15H2,1-6H3,(H2,20,21,22). The van der Waals surface area contributed by atoms with E-state index in [0.717, 1.165) is 51.9 Å². The molecule has 2 heterocycles. The van der Waals surface area contributed by atoms with Gasteiger partial charge >= 0.3 is 0 Å². The molecule has 1 saturated heterocycles. The number of nitrogens with zero attached hydrogens (tertiary/aromatic N) is 5. The summed E-state index contributed by atoms with van der Waals surface area (Å²) in [4.78, 5) is 9.52. The molecule has 1 aromatic rings. The zero-order valence-corrected chi connectivity index (χ0v) is 17.8. The van der Waals surface area contributed by atoms with Crippen LogP contribution in [0.15, 0.2) is 17.4 Å². The molecule has 0 radical (unpaired) electrons. The maximum absolute atomic E-state index is 5.48. The summed E-state index contributed by atoms with van der Waals surface area (Å²) in [5.41, 5.74) is 1.20. The lowest BCUT2D eigenvalue weighted by Crippen LogP contribution is -2.52. The molecule has 27 heavy (non-hydrogen) atoms. The molecule has 0 spiro atoms. The van der Waals surface area contributed by atoms with Gasteiger partial charge in [0, 0.05) is 50.5 Å². The smallest absolute Gasteiger partial charge is 0.191 e. The van der Waals surface area contributed by atoms with Gasteiger partial charge in [0.25, 0.3) is 0 Å². The minimum Gasteiger partial charge on any atom is -0.379 e. The Morgan fingerprint density at radius 2 is 2.04 bits per heavy atom. The molecule has 2 N–H and O–H groups in total. The summed E-state index contributed by atoms with van der Waals surface area (Å²) in [6, 6.07) is 0.231. The van der Waals surface area contributed by atoms with Gasteiger partial charge in [0.2, 0.25) is 0 Å². The van der Waals surface area contributed by atoms with Crippen LogP contribution in [0.5, 0.6) is 0 Å². The molecule has 0 bridgehead atoms. The van der Waals surface area contributed by atoms with E-state index in [1.165, 1.54) is 5.56 Å². The van der Waals surface area contributed by atoms with Gasteiger partial charge in [-0.1, -0.05) is 0 Å². The summed E-state index contributed by atoms with van der Waals surface area (Å²) in [6.45, 7) is 12.5. The second-order valence-electron chi connectivity index (χ2n) is 7.91. The lowest BCUT2D eigenvalue weighted by atomic mass is 10.0. The van der Waals surface area contributed by atoms with Crippen molar-refractivity contribution in [2.45, 2.75) is 32.4 Å². The first kappa shape index (κ1) is 21.7. The molecule has 1 unspecified atom stereocenters. The Labute approximate surface area is 164 Å². The van der Waals surface area contributed by atoms with Crippen molar-refractivity contribution in [1.82, 2.24) is 30.2 Å². The molecule has 0 aliphatic carbocycles. The average molecular weight is 380 g/mol. The van der Waals surface area contributed by atoms with Crippen molar-refractivity contribution in [2.24, 2.45) is 12.0 Å². The molecule has 1 aliphatic heterocycles. The molecule has 0 aromatic carbocycles. The van der Waals surface area contributed by atoms with Crippen LogP contribution >= 0.6 is 0 Å². The first-order valence-corrected chi connectivity index (χ1v) is 9.83. The van der Waals surface area contributed by atoms with Gasteiger partial charge in [-0.2, -0.15) is 5.10 Å². The highest BCUT2D eigenvalue weighted by molar-refractivity contribution is 5.79. The number of likely N-dealkylation sites (N-methyl/N-ethyl adjacent to an activating group) is 1. The van der Waals surface area contributed by atoms with E-state index in [-0.39, 0.29) is 11.6 Å². The highest BCUT2D eigenvalue weighted by Crippen LogP contribution is 2.17. The van der Waals surface area contributed by atoms with E-state index in [1.54, 1.807) is 0 Å². The number of ether oxygens (including phenoxy) is 1. The average Bonchev–Trinajstić information content (AvgIpc) is 3.06. The van der Waals surface area contributed by atoms with Gasteiger partial charge in [0.05, 0.1) is 32.0 Å². The van der Waals surface area contributed by atoms with Crippen LogP contribution in [-0.2, 0) is 11.8 Å². The highest BCUT2D eigenvalue weighted by atomic mass is 16.5. The third kappa shape index (κ3) is 6.48. The minimum atomic E-state index is 0.0103. The van der Waals surface area contributed by atoms with Crippen LogP contribution in [0.3, 0.4) is 0 Å². The van der Waals surface area contributed by atoms with Gasteiger partial charge in [0.15, 0.2) is 5.96 Å². The molecule has 2 rings (SSSR count). The number of hydrogen-bond donors (Lipinski definition) is 2. The molecule has 1 aromatic heterocycles. The normalized spacial score (nSPS) is 18.0. The molecular formula is C19H37N7O. The van der Waals surface area contributed by atoms with Gasteiger partial charge in [-0.15, -0.1) is 0 Å². The maximum Gasteiger partial charge on any atom is 0.191 e. The highest BCUT2D eigenvalue weighted by Gasteiger charge is 2.28. The quantitative estimate of drug-likeness (QED) is 0.512. The summed E-state index contributed by atoms with van der Waals surface area (Å²) < 4.78 is 7.32. The third-order valence-corrected chi connectivity index (χ3v) is 5.03. The second kappa shape index (κ2) is 10.1.